The van der Waals surface area contributed by atoms with Crippen molar-refractivity contribution in [2.45, 2.75) is 25.9 Å². The van der Waals surface area contributed by atoms with Crippen LogP contribution in [0.1, 0.15) is 30.1 Å². The first-order chi connectivity index (χ1) is 9.20. The number of carbonyl (C=O) groups excluding carboxylic acids is 1. The number of aromatic nitrogens is 2. The molecule has 0 spiro atoms. The number of rotatable bonds is 5. The normalized spacial score (nSPS) is 18.3. The maximum atomic E-state index is 11.7. The highest BCUT2D eigenvalue weighted by Crippen LogP contribution is 2.11. The van der Waals surface area contributed by atoms with Gasteiger partial charge in [-0.1, -0.05) is 0 Å². The molecule has 19 heavy (non-hydrogen) atoms. The molecule has 0 aromatic carbocycles. The van der Waals surface area contributed by atoms with Crippen LogP contribution in [0.4, 0.5) is 5.95 Å². The van der Waals surface area contributed by atoms with Crippen molar-refractivity contribution in [1.29, 1.82) is 0 Å². The molecule has 2 heterocycles. The van der Waals surface area contributed by atoms with Gasteiger partial charge in [0.15, 0.2) is 0 Å². The summed E-state index contributed by atoms with van der Waals surface area (Å²) in [5.74, 6) is -0.338. The molecule has 1 aliphatic heterocycles. The largest absolute Gasteiger partial charge is 0.462 e. The maximum Gasteiger partial charge on any atom is 0.345 e. The van der Waals surface area contributed by atoms with Crippen LogP contribution in [0.15, 0.2) is 11.0 Å². The predicted molar refractivity (Wildman–Crippen MR) is 68.3 cm³/mol. The number of aromatic amines is 1. The second-order valence-corrected chi connectivity index (χ2v) is 4.21. The zero-order chi connectivity index (χ0) is 13.7. The molecule has 1 saturated heterocycles. The highest BCUT2D eigenvalue weighted by atomic mass is 16.5. The first kappa shape index (κ1) is 13.5. The van der Waals surface area contributed by atoms with Crippen molar-refractivity contribution in [2.24, 2.45) is 0 Å². The van der Waals surface area contributed by atoms with Crippen LogP contribution in [0.5, 0.6) is 0 Å². The van der Waals surface area contributed by atoms with Gasteiger partial charge in [0.1, 0.15) is 5.56 Å². The predicted octanol–water partition coefficient (Wildman–Crippen LogP) is 0.537. The van der Waals surface area contributed by atoms with E-state index in [-0.39, 0.29) is 18.3 Å². The standard InChI is InChI=1S/C12H17N3O4/c1-2-18-11(17)9-7-14-12(15-10(9)16)13-6-8-4-3-5-19-8/h7-8H,2-6H2,1H3,(H2,13,14,15,16). The van der Waals surface area contributed by atoms with Crippen LogP contribution in [-0.4, -0.2) is 41.8 Å². The monoisotopic (exact) mass is 267 g/mol. The molecule has 7 heteroatoms. The molecule has 0 saturated carbocycles. The minimum absolute atomic E-state index is 0.0930. The average molecular weight is 267 g/mol. The first-order valence-corrected chi connectivity index (χ1v) is 6.32. The quantitative estimate of drug-likeness (QED) is 0.756. The fraction of sp³-hybridized carbons (Fsp3) is 0.583. The number of anilines is 1. The second-order valence-electron chi connectivity index (χ2n) is 4.21. The summed E-state index contributed by atoms with van der Waals surface area (Å²) in [5, 5.41) is 2.98. The number of hydrogen-bond donors (Lipinski definition) is 2. The molecule has 0 radical (unpaired) electrons. The Balaban J connectivity index is 1.97. The molecule has 7 nitrogen and oxygen atoms in total. The Labute approximate surface area is 110 Å². The summed E-state index contributed by atoms with van der Waals surface area (Å²) in [5.41, 5.74) is -0.604. The summed E-state index contributed by atoms with van der Waals surface area (Å²) in [6.45, 7) is 3.26. The minimum Gasteiger partial charge on any atom is -0.462 e. The van der Waals surface area contributed by atoms with Crippen LogP contribution in [-0.2, 0) is 9.47 Å². The van der Waals surface area contributed by atoms with Crippen molar-refractivity contribution in [3.8, 4) is 0 Å². The lowest BCUT2D eigenvalue weighted by Crippen LogP contribution is -2.24. The van der Waals surface area contributed by atoms with E-state index < -0.39 is 11.5 Å². The van der Waals surface area contributed by atoms with Gasteiger partial charge in [0, 0.05) is 13.2 Å². The van der Waals surface area contributed by atoms with E-state index in [1.165, 1.54) is 6.20 Å². The summed E-state index contributed by atoms with van der Waals surface area (Å²) in [7, 11) is 0. The average Bonchev–Trinajstić information content (AvgIpc) is 2.89. The summed E-state index contributed by atoms with van der Waals surface area (Å²) in [4.78, 5) is 29.6. The number of carbonyl (C=O) groups is 1. The smallest absolute Gasteiger partial charge is 0.345 e. The van der Waals surface area contributed by atoms with E-state index in [0.717, 1.165) is 19.4 Å². The van der Waals surface area contributed by atoms with Gasteiger partial charge in [0.05, 0.1) is 18.9 Å². The van der Waals surface area contributed by atoms with Crippen molar-refractivity contribution >= 4 is 11.9 Å². The number of ether oxygens (including phenoxy) is 2. The number of nitrogens with one attached hydrogen (secondary N) is 2. The Morgan fingerprint density at radius 1 is 1.68 bits per heavy atom. The van der Waals surface area contributed by atoms with Crippen molar-refractivity contribution in [3.05, 3.63) is 22.1 Å². The third-order valence-electron chi connectivity index (χ3n) is 2.82. The highest BCUT2D eigenvalue weighted by Gasteiger charge is 2.16. The Kier molecular flexibility index (Phi) is 4.51. The zero-order valence-electron chi connectivity index (χ0n) is 10.8. The lowest BCUT2D eigenvalue weighted by atomic mass is 10.2. The number of H-pyrrole nitrogens is 1. The van der Waals surface area contributed by atoms with Gasteiger partial charge < -0.3 is 14.8 Å². The molecular formula is C12H17N3O4. The van der Waals surface area contributed by atoms with Crippen molar-refractivity contribution in [1.82, 2.24) is 9.97 Å². The number of esters is 1. The second kappa shape index (κ2) is 6.33. The van der Waals surface area contributed by atoms with Gasteiger partial charge in [-0.15, -0.1) is 0 Å². The van der Waals surface area contributed by atoms with E-state index in [1.807, 2.05) is 0 Å². The molecule has 2 N–H and O–H groups in total. The van der Waals surface area contributed by atoms with Crippen LogP contribution in [0.25, 0.3) is 0 Å². The third-order valence-corrected chi connectivity index (χ3v) is 2.82. The van der Waals surface area contributed by atoms with Crippen LogP contribution in [0.3, 0.4) is 0 Å². The van der Waals surface area contributed by atoms with Gasteiger partial charge in [0.2, 0.25) is 5.95 Å². The summed E-state index contributed by atoms with van der Waals surface area (Å²) in [6.07, 6.45) is 3.42. The van der Waals surface area contributed by atoms with E-state index in [1.54, 1.807) is 6.92 Å². The molecular weight excluding hydrogens is 250 g/mol. The van der Waals surface area contributed by atoms with Gasteiger partial charge in [-0.25, -0.2) is 9.78 Å². The molecule has 1 aromatic rings. The van der Waals surface area contributed by atoms with E-state index >= 15 is 0 Å². The molecule has 0 amide bonds. The maximum absolute atomic E-state index is 11.7. The third kappa shape index (κ3) is 3.54. The molecule has 0 aliphatic carbocycles. The highest BCUT2D eigenvalue weighted by molar-refractivity contribution is 5.88. The fourth-order valence-electron chi connectivity index (χ4n) is 1.85. The molecule has 2 rings (SSSR count). The van der Waals surface area contributed by atoms with Crippen molar-refractivity contribution < 1.29 is 14.3 Å². The SMILES string of the molecule is CCOC(=O)c1cnc(NCC2CCCO2)[nH]c1=O. The molecule has 104 valence electrons. The van der Waals surface area contributed by atoms with E-state index in [2.05, 4.69) is 15.3 Å². The van der Waals surface area contributed by atoms with Crippen molar-refractivity contribution in [2.75, 3.05) is 25.1 Å². The first-order valence-electron chi connectivity index (χ1n) is 6.32. The fourth-order valence-corrected chi connectivity index (χ4v) is 1.85. The Morgan fingerprint density at radius 2 is 2.53 bits per heavy atom. The topological polar surface area (TPSA) is 93.3 Å². The van der Waals surface area contributed by atoms with Gasteiger partial charge in [-0.3, -0.25) is 9.78 Å². The zero-order valence-corrected chi connectivity index (χ0v) is 10.8. The van der Waals surface area contributed by atoms with Gasteiger partial charge in [-0.2, -0.15) is 0 Å². The van der Waals surface area contributed by atoms with Crippen molar-refractivity contribution in [3.63, 3.8) is 0 Å². The van der Waals surface area contributed by atoms with E-state index in [9.17, 15) is 9.59 Å². The molecule has 1 aliphatic rings. The summed E-state index contributed by atoms with van der Waals surface area (Å²) in [6, 6.07) is 0. The molecule has 1 aromatic heterocycles. The number of nitrogens with zero attached hydrogens (tertiary/aromatic N) is 1. The van der Waals surface area contributed by atoms with E-state index in [4.69, 9.17) is 9.47 Å². The summed E-state index contributed by atoms with van der Waals surface area (Å²) >= 11 is 0. The Morgan fingerprint density at radius 3 is 3.16 bits per heavy atom. The van der Waals surface area contributed by atoms with Crippen LogP contribution in [0, 0.1) is 0 Å². The van der Waals surface area contributed by atoms with E-state index in [0.29, 0.717) is 12.5 Å². The van der Waals surface area contributed by atoms with Crippen LogP contribution in [0.2, 0.25) is 0 Å². The van der Waals surface area contributed by atoms with Gasteiger partial charge in [-0.05, 0) is 19.8 Å². The Bertz CT molecular complexity index is 494. The molecule has 1 unspecified atom stereocenters. The number of hydrogen-bond acceptors (Lipinski definition) is 6. The van der Waals surface area contributed by atoms with Gasteiger partial charge in [0.25, 0.3) is 5.56 Å². The molecule has 1 fully saturated rings. The lowest BCUT2D eigenvalue weighted by Gasteiger charge is -2.10. The van der Waals surface area contributed by atoms with Crippen LogP contribution < -0.4 is 10.9 Å². The molecule has 0 bridgehead atoms. The van der Waals surface area contributed by atoms with Gasteiger partial charge >= 0.3 is 5.97 Å². The van der Waals surface area contributed by atoms with Crippen LogP contribution >= 0.6 is 0 Å². The minimum atomic E-state index is -0.665. The summed E-state index contributed by atoms with van der Waals surface area (Å²) < 4.78 is 10.2. The lowest BCUT2D eigenvalue weighted by molar-refractivity contribution is 0.0523. The Hall–Kier alpha value is -1.89. The molecule has 1 atom stereocenters.